The molecule has 0 spiro atoms. The number of fused-ring (bicyclic) bond motifs is 2. The van der Waals surface area contributed by atoms with Crippen molar-refractivity contribution in [3.05, 3.63) is 131 Å². The van der Waals surface area contributed by atoms with E-state index < -0.39 is 61.1 Å². The number of allylic oxidation sites excluding steroid dienone is 7. The van der Waals surface area contributed by atoms with E-state index in [9.17, 15) is 42.0 Å². The minimum absolute atomic E-state index is 0.0655. The van der Waals surface area contributed by atoms with Crippen LogP contribution in [0.2, 0.25) is 0 Å². The average Bonchev–Trinajstić information content (AvgIpc) is 1.60. The number of nitrogens with zero attached hydrogens (tertiary/aromatic N) is 2. The zero-order chi connectivity index (χ0) is 72.8. The number of anilines is 1. The summed E-state index contributed by atoms with van der Waals surface area (Å²) in [4.78, 5) is 61.2. The summed E-state index contributed by atoms with van der Waals surface area (Å²) in [5.41, 5.74) is 7.71. The number of benzene rings is 3. The molecule has 6 rings (SSSR count). The summed E-state index contributed by atoms with van der Waals surface area (Å²) in [6.45, 7) is 17.7. The summed E-state index contributed by atoms with van der Waals surface area (Å²) in [6.07, 6.45) is 16.0. The maximum absolute atomic E-state index is 12.8. The fourth-order valence-corrected chi connectivity index (χ4v) is 11.9. The van der Waals surface area contributed by atoms with Crippen molar-refractivity contribution in [3.63, 3.8) is 0 Å². The number of para-hydroxylation sites is 2. The molecule has 0 saturated heterocycles. The van der Waals surface area contributed by atoms with Crippen LogP contribution in [0.25, 0.3) is 0 Å². The predicted molar refractivity (Wildman–Crippen MR) is 365 cm³/mol. The standard InChI is InChI=1S/C69H95N5O16S.2O3S/c1-7-9-39-73-58-27-16-15-26-55(58)68(3,4)60(73)34-30-51-22-20-23-52(65(51)89-53-24-12-10-13-25-53)31-35-61-69(5,6)56-49-54(91(81,82)83)32-33-59(56)74(61)40-19-11-14-28-62(76)71-38-42-85-44-46-87-48-47-86-45-43-84-41-36-63(77)70-37-18-17-29-64(88-50-75)90-67(80)72-57(21-8-2)66(78)79;2*1-4(2)3/h10,12-13,15-16,24-27,30-35,49-50,57,64H,7-9,11,14,17-23,28-29,36-48H2,1-6H3,(H4-,70,71,72,76,77,78,79,80,81,82,83);;/t57-,64-;;/m0../s1. The van der Waals surface area contributed by atoms with Crippen molar-refractivity contribution in [1.29, 1.82) is 0 Å². The monoisotopic (exact) mass is 1440 g/mol. The lowest BCUT2D eigenvalue weighted by Gasteiger charge is -2.27. The maximum Gasteiger partial charge on any atom is 0.425 e. The molecule has 0 bridgehead atoms. The number of carboxylic acid groups (broad SMARTS) is 1. The lowest BCUT2D eigenvalue weighted by molar-refractivity contribution is -0.438. The molecule has 3 amide bonds. The fraction of sp³-hybridized carbons (Fsp3) is 0.536. The Balaban J connectivity index is 0.00000246. The predicted octanol–water partition coefficient (Wildman–Crippen LogP) is 8.34. The van der Waals surface area contributed by atoms with Gasteiger partial charge in [0.05, 0.1) is 63.2 Å². The third kappa shape index (κ3) is 29.4. The Kier molecular flexibility index (Phi) is 37.3. The largest absolute Gasteiger partial charge is 0.744 e. The molecule has 99 heavy (non-hydrogen) atoms. The van der Waals surface area contributed by atoms with Crippen LogP contribution in [0.4, 0.5) is 16.2 Å². The number of ether oxygens (including phenoxy) is 7. The quantitative estimate of drug-likeness (QED) is 0.0136. The molecule has 2 aliphatic heterocycles. The molecule has 0 fully saturated rings. The summed E-state index contributed by atoms with van der Waals surface area (Å²) >= 11 is 0. The fourth-order valence-electron chi connectivity index (χ4n) is 11.4. The minimum Gasteiger partial charge on any atom is -0.744 e. The highest BCUT2D eigenvalue weighted by Gasteiger charge is 2.44. The molecule has 27 nitrogen and oxygen atoms in total. The van der Waals surface area contributed by atoms with Crippen molar-refractivity contribution >= 4 is 78.8 Å². The van der Waals surface area contributed by atoms with Gasteiger partial charge in [-0.15, -0.1) is 25.3 Å². The second-order valence-corrected chi connectivity index (χ2v) is 26.3. The topological polar surface area (TPSA) is 372 Å². The van der Waals surface area contributed by atoms with Crippen molar-refractivity contribution in [3.8, 4) is 5.75 Å². The van der Waals surface area contributed by atoms with E-state index in [1.807, 2.05) is 30.3 Å². The van der Waals surface area contributed by atoms with E-state index in [0.717, 1.165) is 91.1 Å². The van der Waals surface area contributed by atoms with Crippen molar-refractivity contribution in [2.24, 2.45) is 0 Å². The van der Waals surface area contributed by atoms with E-state index >= 15 is 0 Å². The number of aliphatic carboxylic acids is 1. The summed E-state index contributed by atoms with van der Waals surface area (Å²) in [7, 11) is -10.9. The SMILES string of the molecule is CCCC[N+]1=C(C=CC2=C(Oc3ccccc3)C(=CC=C3N(CCCCCC(=O)NCCOCCOCCOCCOCCC(=O)NCCCC[C@@H](OC=O)OC(=O)N[C@@H](CCC)C(=O)O)c4ccc(S(=O)(=O)[O-])cc4C3(C)C)CCC2)C(C)(C)c2ccccc21.O=S(=O)=O.O=S(=O)=O. The highest BCUT2D eigenvalue weighted by atomic mass is 32.2. The highest BCUT2D eigenvalue weighted by Crippen LogP contribution is 2.49. The Morgan fingerprint density at radius 2 is 1.31 bits per heavy atom. The van der Waals surface area contributed by atoms with Crippen LogP contribution in [0.1, 0.15) is 149 Å². The minimum atomic E-state index is -4.71. The molecule has 546 valence electrons. The molecule has 0 saturated carbocycles. The third-order valence-corrected chi connectivity index (χ3v) is 17.1. The summed E-state index contributed by atoms with van der Waals surface area (Å²) in [5.74, 6) is 0.103. The Labute approximate surface area is 583 Å². The number of rotatable bonds is 42. The van der Waals surface area contributed by atoms with Gasteiger partial charge in [0.1, 0.15) is 34.2 Å². The first-order chi connectivity index (χ1) is 47.3. The van der Waals surface area contributed by atoms with Gasteiger partial charge in [0.15, 0.2) is 5.71 Å². The van der Waals surface area contributed by atoms with Gasteiger partial charge in [0.2, 0.25) is 23.8 Å². The number of carboxylic acids is 1. The number of amides is 3. The van der Waals surface area contributed by atoms with Crippen LogP contribution in [0, 0.1) is 0 Å². The van der Waals surface area contributed by atoms with Crippen LogP contribution in [-0.4, -0.2) is 175 Å². The molecule has 0 radical (unpaired) electrons. The molecule has 2 atom stereocenters. The molecule has 3 aromatic rings. The van der Waals surface area contributed by atoms with Gasteiger partial charge in [0.25, 0.3) is 6.47 Å². The van der Waals surface area contributed by atoms with Crippen LogP contribution >= 0.6 is 0 Å². The van der Waals surface area contributed by atoms with Gasteiger partial charge in [-0.1, -0.05) is 89.4 Å². The highest BCUT2D eigenvalue weighted by molar-refractivity contribution is 7.85. The Hall–Kier alpha value is -7.97. The summed E-state index contributed by atoms with van der Waals surface area (Å²) in [5, 5.41) is 17.2. The van der Waals surface area contributed by atoms with E-state index in [1.165, 1.54) is 29.1 Å². The molecule has 0 aromatic heterocycles. The number of hydrogen-bond acceptors (Lipinski definition) is 22. The van der Waals surface area contributed by atoms with Crippen molar-refractivity contribution in [2.75, 3.05) is 83.9 Å². The van der Waals surface area contributed by atoms with Crippen LogP contribution in [0.3, 0.4) is 0 Å². The lowest BCUT2D eigenvalue weighted by Crippen LogP contribution is -2.42. The smallest absolute Gasteiger partial charge is 0.425 e. The first kappa shape index (κ1) is 83.4. The van der Waals surface area contributed by atoms with Gasteiger partial charge < -0.3 is 63.7 Å². The van der Waals surface area contributed by atoms with Gasteiger partial charge >= 0.3 is 33.3 Å². The van der Waals surface area contributed by atoms with Gasteiger partial charge in [-0.3, -0.25) is 14.4 Å². The van der Waals surface area contributed by atoms with E-state index in [0.29, 0.717) is 98.0 Å². The number of hydrogen-bond donors (Lipinski definition) is 4. The van der Waals surface area contributed by atoms with Gasteiger partial charge in [0, 0.05) is 79.8 Å². The number of carbonyl (C=O) groups is 5. The Morgan fingerprint density at radius 3 is 1.95 bits per heavy atom. The van der Waals surface area contributed by atoms with Crippen molar-refractivity contribution < 1.29 is 105 Å². The Morgan fingerprint density at radius 1 is 0.687 bits per heavy atom. The summed E-state index contributed by atoms with van der Waals surface area (Å²) < 4.78 is 129. The molecule has 0 unspecified atom stereocenters. The molecule has 3 aromatic carbocycles. The Bertz CT molecular complexity index is 3610. The summed E-state index contributed by atoms with van der Waals surface area (Å²) in [6, 6.07) is 22.1. The average molecular weight is 1440 g/mol. The van der Waals surface area contributed by atoms with Crippen LogP contribution in [0.15, 0.2) is 125 Å². The second-order valence-electron chi connectivity index (χ2n) is 24.1. The first-order valence-corrected chi connectivity index (χ1v) is 36.5. The van der Waals surface area contributed by atoms with E-state index in [-0.39, 0.29) is 54.5 Å². The second kappa shape index (κ2) is 44.2. The maximum atomic E-state index is 12.8. The molecular formula is C69H95N5O22S3. The van der Waals surface area contributed by atoms with Crippen molar-refractivity contribution in [2.45, 2.75) is 166 Å². The molecule has 4 N–H and O–H groups in total. The number of nitrogens with one attached hydrogen (secondary N) is 3. The molecule has 2 heterocycles. The van der Waals surface area contributed by atoms with E-state index in [4.69, 9.17) is 58.4 Å². The van der Waals surface area contributed by atoms with Crippen LogP contribution in [-0.2, 0) is 89.8 Å². The van der Waals surface area contributed by atoms with Crippen molar-refractivity contribution in [1.82, 2.24) is 16.0 Å². The molecular weight excluding hydrogens is 1350 g/mol. The third-order valence-electron chi connectivity index (χ3n) is 16.3. The van der Waals surface area contributed by atoms with E-state index in [1.54, 1.807) is 13.0 Å². The zero-order valence-corrected chi connectivity index (χ0v) is 59.7. The zero-order valence-electron chi connectivity index (χ0n) is 57.2. The van der Waals surface area contributed by atoms with Gasteiger partial charge in [-0.2, -0.15) is 4.58 Å². The van der Waals surface area contributed by atoms with Gasteiger partial charge in [-0.25, -0.2) is 18.0 Å². The number of alkyl carbamates (subject to hydrolysis) is 1. The first-order valence-electron chi connectivity index (χ1n) is 33.1. The normalized spacial score (nSPS) is 15.8. The van der Waals surface area contributed by atoms with E-state index in [2.05, 4.69) is 109 Å². The molecule has 30 heteroatoms. The molecule has 3 aliphatic rings. The number of carbonyl (C=O) groups excluding carboxylic acids is 4. The van der Waals surface area contributed by atoms with Crippen LogP contribution < -0.4 is 25.6 Å². The number of unbranched alkanes of at least 4 members (excludes halogenated alkanes) is 4. The molecule has 1 aliphatic carbocycles. The lowest BCUT2D eigenvalue weighted by atomic mass is 9.81. The van der Waals surface area contributed by atoms with Gasteiger partial charge in [-0.05, 0) is 124 Å². The van der Waals surface area contributed by atoms with Crippen LogP contribution in [0.5, 0.6) is 5.75 Å².